The molecule has 0 radical (unpaired) electrons. The molecule has 68 valence electrons. The Morgan fingerprint density at radius 3 is 3.23 bits per heavy atom. The highest BCUT2D eigenvalue weighted by atomic mass is 16.3. The second-order valence-electron chi connectivity index (χ2n) is 3.15. The average molecular weight is 177 g/mol. The molecule has 4 nitrogen and oxygen atoms in total. The van der Waals surface area contributed by atoms with Gasteiger partial charge in [0.05, 0.1) is 6.10 Å². The largest absolute Gasteiger partial charge is 0.393 e. The summed E-state index contributed by atoms with van der Waals surface area (Å²) in [5, 5.41) is 17.0. The van der Waals surface area contributed by atoms with E-state index in [1.165, 1.54) is 0 Å². The summed E-state index contributed by atoms with van der Waals surface area (Å²) in [6.45, 7) is 1.76. The maximum atomic E-state index is 9.25. The van der Waals surface area contributed by atoms with Crippen molar-refractivity contribution in [2.45, 2.75) is 19.4 Å². The molecule has 0 aromatic carbocycles. The zero-order chi connectivity index (χ0) is 9.26. The van der Waals surface area contributed by atoms with E-state index in [0.717, 1.165) is 11.2 Å². The first-order chi connectivity index (χ1) is 6.27. The van der Waals surface area contributed by atoms with Crippen LogP contribution in [-0.2, 0) is 6.42 Å². The number of aromatic nitrogens is 3. The topological polar surface area (TPSA) is 50.4 Å². The van der Waals surface area contributed by atoms with Crippen molar-refractivity contribution in [3.05, 3.63) is 30.2 Å². The Kier molecular flexibility index (Phi) is 1.98. The average Bonchev–Trinajstić information content (AvgIpc) is 2.51. The Bertz CT molecular complexity index is 408. The molecule has 0 fully saturated rings. The minimum Gasteiger partial charge on any atom is -0.393 e. The van der Waals surface area contributed by atoms with Crippen LogP contribution in [0.1, 0.15) is 12.5 Å². The monoisotopic (exact) mass is 177 g/mol. The number of hydrogen-bond donors (Lipinski definition) is 1. The number of hydrogen-bond acceptors (Lipinski definition) is 3. The summed E-state index contributed by atoms with van der Waals surface area (Å²) < 4.78 is 1.84. The van der Waals surface area contributed by atoms with Crippen molar-refractivity contribution in [2.24, 2.45) is 0 Å². The lowest BCUT2D eigenvalue weighted by molar-refractivity contribution is 0.195. The first kappa shape index (κ1) is 8.19. The van der Waals surface area contributed by atoms with Crippen LogP contribution in [0.25, 0.3) is 5.65 Å². The SMILES string of the molecule is CC(O)Cc1cccn2cnnc12. The van der Waals surface area contributed by atoms with Crippen molar-refractivity contribution in [1.29, 1.82) is 0 Å². The molecular formula is C9H11N3O. The van der Waals surface area contributed by atoms with Crippen LogP contribution in [0.4, 0.5) is 0 Å². The third-order valence-electron chi connectivity index (χ3n) is 1.92. The number of pyridine rings is 1. The Morgan fingerprint density at radius 1 is 1.62 bits per heavy atom. The van der Waals surface area contributed by atoms with E-state index in [-0.39, 0.29) is 6.10 Å². The maximum absolute atomic E-state index is 9.25. The number of aliphatic hydroxyl groups excluding tert-OH is 1. The van der Waals surface area contributed by atoms with Gasteiger partial charge in [-0.1, -0.05) is 6.07 Å². The van der Waals surface area contributed by atoms with Gasteiger partial charge in [0, 0.05) is 12.6 Å². The lowest BCUT2D eigenvalue weighted by Gasteiger charge is -2.04. The van der Waals surface area contributed by atoms with Gasteiger partial charge in [0.15, 0.2) is 5.65 Å². The molecule has 1 N–H and O–H groups in total. The molecular weight excluding hydrogens is 166 g/mol. The highest BCUT2D eigenvalue weighted by molar-refractivity contribution is 5.46. The minimum atomic E-state index is -0.345. The molecule has 1 atom stereocenters. The lowest BCUT2D eigenvalue weighted by atomic mass is 10.1. The Balaban J connectivity index is 2.48. The van der Waals surface area contributed by atoms with Crippen LogP contribution in [0.2, 0.25) is 0 Å². The van der Waals surface area contributed by atoms with Crippen molar-refractivity contribution >= 4 is 5.65 Å². The molecule has 13 heavy (non-hydrogen) atoms. The van der Waals surface area contributed by atoms with Crippen molar-refractivity contribution in [3.8, 4) is 0 Å². The first-order valence-corrected chi connectivity index (χ1v) is 4.22. The van der Waals surface area contributed by atoms with Gasteiger partial charge in [-0.05, 0) is 18.6 Å². The van der Waals surface area contributed by atoms with Crippen LogP contribution in [-0.4, -0.2) is 25.8 Å². The summed E-state index contributed by atoms with van der Waals surface area (Å²) in [6.07, 6.45) is 3.81. The predicted octanol–water partition coefficient (Wildman–Crippen LogP) is 0.653. The number of fused-ring (bicyclic) bond motifs is 1. The molecule has 0 saturated carbocycles. The van der Waals surface area contributed by atoms with Gasteiger partial charge in [-0.3, -0.25) is 4.40 Å². The summed E-state index contributed by atoms with van der Waals surface area (Å²) in [5.74, 6) is 0. The summed E-state index contributed by atoms with van der Waals surface area (Å²) in [7, 11) is 0. The lowest BCUT2D eigenvalue weighted by Crippen LogP contribution is -2.05. The summed E-state index contributed by atoms with van der Waals surface area (Å²) in [6, 6.07) is 3.88. The first-order valence-electron chi connectivity index (χ1n) is 4.22. The van der Waals surface area contributed by atoms with Crippen LogP contribution in [0, 0.1) is 0 Å². The zero-order valence-corrected chi connectivity index (χ0v) is 7.38. The summed E-state index contributed by atoms with van der Waals surface area (Å²) in [4.78, 5) is 0. The minimum absolute atomic E-state index is 0.345. The van der Waals surface area contributed by atoms with Crippen LogP contribution in [0.15, 0.2) is 24.7 Å². The molecule has 0 bridgehead atoms. The van der Waals surface area contributed by atoms with Crippen LogP contribution >= 0.6 is 0 Å². The van der Waals surface area contributed by atoms with E-state index >= 15 is 0 Å². The molecule has 1 unspecified atom stereocenters. The highest BCUT2D eigenvalue weighted by Crippen LogP contribution is 2.09. The molecule has 2 heterocycles. The molecule has 0 saturated heterocycles. The van der Waals surface area contributed by atoms with E-state index in [2.05, 4.69) is 10.2 Å². The van der Waals surface area contributed by atoms with Gasteiger partial charge in [0.2, 0.25) is 0 Å². The Morgan fingerprint density at radius 2 is 2.46 bits per heavy atom. The normalized spacial score (nSPS) is 13.4. The number of aliphatic hydroxyl groups is 1. The third-order valence-corrected chi connectivity index (χ3v) is 1.92. The van der Waals surface area contributed by atoms with Crippen LogP contribution in [0.5, 0.6) is 0 Å². The van der Waals surface area contributed by atoms with Gasteiger partial charge in [-0.15, -0.1) is 10.2 Å². The molecule has 4 heteroatoms. The molecule has 0 amide bonds. The van der Waals surface area contributed by atoms with Gasteiger partial charge in [-0.2, -0.15) is 0 Å². The van der Waals surface area contributed by atoms with Crippen molar-refractivity contribution in [1.82, 2.24) is 14.6 Å². The van der Waals surface area contributed by atoms with Crippen molar-refractivity contribution in [2.75, 3.05) is 0 Å². The molecule has 2 aromatic heterocycles. The third kappa shape index (κ3) is 1.53. The van der Waals surface area contributed by atoms with Crippen molar-refractivity contribution in [3.63, 3.8) is 0 Å². The molecule has 0 spiro atoms. The molecule has 0 aliphatic rings. The van der Waals surface area contributed by atoms with E-state index in [1.54, 1.807) is 13.3 Å². The van der Waals surface area contributed by atoms with Gasteiger partial charge in [-0.25, -0.2) is 0 Å². The second-order valence-corrected chi connectivity index (χ2v) is 3.15. The van der Waals surface area contributed by atoms with Crippen LogP contribution in [0.3, 0.4) is 0 Å². The second kappa shape index (κ2) is 3.14. The van der Waals surface area contributed by atoms with Gasteiger partial charge < -0.3 is 5.11 Å². The fourth-order valence-electron chi connectivity index (χ4n) is 1.39. The van der Waals surface area contributed by atoms with E-state index < -0.39 is 0 Å². The van der Waals surface area contributed by atoms with Gasteiger partial charge >= 0.3 is 0 Å². The van der Waals surface area contributed by atoms with E-state index in [9.17, 15) is 5.11 Å². The highest BCUT2D eigenvalue weighted by Gasteiger charge is 2.05. The number of rotatable bonds is 2. The maximum Gasteiger partial charge on any atom is 0.163 e. The molecule has 2 rings (SSSR count). The quantitative estimate of drug-likeness (QED) is 0.732. The fourth-order valence-corrected chi connectivity index (χ4v) is 1.39. The Hall–Kier alpha value is -1.42. The summed E-state index contributed by atoms with van der Waals surface area (Å²) in [5.41, 5.74) is 1.85. The predicted molar refractivity (Wildman–Crippen MR) is 48.4 cm³/mol. The Labute approximate surface area is 75.8 Å². The van der Waals surface area contributed by atoms with Crippen LogP contribution < -0.4 is 0 Å². The molecule has 2 aromatic rings. The van der Waals surface area contributed by atoms with E-state index in [0.29, 0.717) is 6.42 Å². The van der Waals surface area contributed by atoms with Gasteiger partial charge in [0.1, 0.15) is 6.33 Å². The smallest absolute Gasteiger partial charge is 0.163 e. The summed E-state index contributed by atoms with van der Waals surface area (Å²) >= 11 is 0. The molecule has 0 aliphatic heterocycles. The fraction of sp³-hybridized carbons (Fsp3) is 0.333. The van der Waals surface area contributed by atoms with E-state index in [1.807, 2.05) is 22.7 Å². The molecule has 0 aliphatic carbocycles. The van der Waals surface area contributed by atoms with E-state index in [4.69, 9.17) is 0 Å². The van der Waals surface area contributed by atoms with Crippen molar-refractivity contribution < 1.29 is 5.11 Å². The van der Waals surface area contributed by atoms with Gasteiger partial charge in [0.25, 0.3) is 0 Å². The number of nitrogens with zero attached hydrogens (tertiary/aromatic N) is 3. The standard InChI is InChI=1S/C9H11N3O/c1-7(13)5-8-3-2-4-12-6-10-11-9(8)12/h2-4,6-7,13H,5H2,1H3. The zero-order valence-electron chi connectivity index (χ0n) is 7.38.